The molecule has 1 rings (SSSR count). The van der Waals surface area contributed by atoms with Gasteiger partial charge in [0.15, 0.2) is 0 Å². The first-order valence-electron chi connectivity index (χ1n) is 7.47. The van der Waals surface area contributed by atoms with Gasteiger partial charge in [0, 0.05) is 26.1 Å². The minimum Gasteiger partial charge on any atom is -0.480 e. The van der Waals surface area contributed by atoms with Gasteiger partial charge >= 0.3 is 5.97 Å². The van der Waals surface area contributed by atoms with Gasteiger partial charge in [-0.05, 0) is 37.5 Å². The van der Waals surface area contributed by atoms with E-state index in [0.29, 0.717) is 24.9 Å². The Hall–Kier alpha value is -1.10. The van der Waals surface area contributed by atoms with Crippen LogP contribution in [-0.4, -0.2) is 36.7 Å². The molecule has 1 amide bonds. The van der Waals surface area contributed by atoms with Gasteiger partial charge in [-0.3, -0.25) is 4.79 Å². The van der Waals surface area contributed by atoms with Gasteiger partial charge in [0.1, 0.15) is 6.04 Å². The van der Waals surface area contributed by atoms with Gasteiger partial charge in [-0.1, -0.05) is 13.8 Å². The summed E-state index contributed by atoms with van der Waals surface area (Å²) in [6.07, 6.45) is 4.16. The molecule has 0 aromatic heterocycles. The van der Waals surface area contributed by atoms with E-state index in [4.69, 9.17) is 9.84 Å². The molecule has 0 spiro atoms. The van der Waals surface area contributed by atoms with Crippen molar-refractivity contribution in [3.8, 4) is 0 Å². The zero-order chi connectivity index (χ0) is 15.1. The van der Waals surface area contributed by atoms with Crippen LogP contribution in [0.15, 0.2) is 0 Å². The minimum atomic E-state index is -0.994. The van der Waals surface area contributed by atoms with Gasteiger partial charge in [0.2, 0.25) is 5.91 Å². The molecule has 2 N–H and O–H groups in total. The third-order valence-corrected chi connectivity index (χ3v) is 4.31. The highest BCUT2D eigenvalue weighted by atomic mass is 16.5. The number of carbonyl (C=O) groups is 2. The molecular formula is C15H27NO4. The first kappa shape index (κ1) is 17.0. The summed E-state index contributed by atoms with van der Waals surface area (Å²) >= 11 is 0. The summed E-state index contributed by atoms with van der Waals surface area (Å²) in [5.41, 5.74) is 0. The van der Waals surface area contributed by atoms with Crippen LogP contribution in [0.3, 0.4) is 0 Å². The van der Waals surface area contributed by atoms with Crippen molar-refractivity contribution in [1.29, 1.82) is 0 Å². The standard InChI is InChI=1S/C15H27NO4/c1-10(2)11-4-6-12(7-5-11)14(17)16-13(15(18)19)8-9-20-3/h10-13H,4-9H2,1-3H3,(H,16,17)(H,18,19). The number of carboxylic acids is 1. The zero-order valence-corrected chi connectivity index (χ0v) is 12.7. The molecule has 116 valence electrons. The van der Waals surface area contributed by atoms with Crippen molar-refractivity contribution in [2.75, 3.05) is 13.7 Å². The number of rotatable bonds is 7. The lowest BCUT2D eigenvalue weighted by atomic mass is 9.76. The van der Waals surface area contributed by atoms with Crippen LogP contribution in [0.1, 0.15) is 46.0 Å². The average molecular weight is 285 g/mol. The van der Waals surface area contributed by atoms with Gasteiger partial charge in [-0.25, -0.2) is 4.79 Å². The molecule has 1 atom stereocenters. The Bertz CT molecular complexity index is 322. The Morgan fingerprint density at radius 1 is 1.25 bits per heavy atom. The van der Waals surface area contributed by atoms with Crippen molar-refractivity contribution >= 4 is 11.9 Å². The molecule has 1 saturated carbocycles. The summed E-state index contributed by atoms with van der Waals surface area (Å²) in [4.78, 5) is 23.2. The van der Waals surface area contributed by atoms with Crippen LogP contribution in [0.5, 0.6) is 0 Å². The third-order valence-electron chi connectivity index (χ3n) is 4.31. The molecule has 5 nitrogen and oxygen atoms in total. The van der Waals surface area contributed by atoms with Crippen LogP contribution in [0, 0.1) is 17.8 Å². The summed E-state index contributed by atoms with van der Waals surface area (Å²) in [5, 5.41) is 11.7. The van der Waals surface area contributed by atoms with Gasteiger partial charge in [0.05, 0.1) is 0 Å². The smallest absolute Gasteiger partial charge is 0.326 e. The molecule has 20 heavy (non-hydrogen) atoms. The van der Waals surface area contributed by atoms with Gasteiger partial charge in [-0.15, -0.1) is 0 Å². The lowest BCUT2D eigenvalue weighted by Crippen LogP contribution is -2.45. The molecule has 0 aromatic carbocycles. The first-order valence-corrected chi connectivity index (χ1v) is 7.47. The number of hydrogen-bond acceptors (Lipinski definition) is 3. The van der Waals surface area contributed by atoms with E-state index in [0.717, 1.165) is 25.7 Å². The maximum atomic E-state index is 12.1. The van der Waals surface area contributed by atoms with Crippen molar-refractivity contribution in [2.24, 2.45) is 17.8 Å². The largest absolute Gasteiger partial charge is 0.480 e. The van der Waals surface area contributed by atoms with Crippen LogP contribution in [0.25, 0.3) is 0 Å². The highest BCUT2D eigenvalue weighted by molar-refractivity contribution is 5.85. The van der Waals surface area contributed by atoms with Crippen molar-refractivity contribution in [3.63, 3.8) is 0 Å². The molecular weight excluding hydrogens is 258 g/mol. The number of carboxylic acid groups (broad SMARTS) is 1. The Kier molecular flexibility index (Phi) is 6.99. The van der Waals surface area contributed by atoms with Crippen LogP contribution < -0.4 is 5.32 Å². The SMILES string of the molecule is COCCC(NC(=O)C1CCC(C(C)C)CC1)C(=O)O. The maximum Gasteiger partial charge on any atom is 0.326 e. The lowest BCUT2D eigenvalue weighted by Gasteiger charge is -2.30. The molecule has 1 aliphatic rings. The molecule has 1 fully saturated rings. The summed E-state index contributed by atoms with van der Waals surface area (Å²) in [5.74, 6) is 0.215. The van der Waals surface area contributed by atoms with Crippen molar-refractivity contribution < 1.29 is 19.4 Å². The minimum absolute atomic E-state index is 0.0330. The monoisotopic (exact) mass is 285 g/mol. The molecule has 0 aliphatic heterocycles. The summed E-state index contributed by atoms with van der Waals surface area (Å²) in [7, 11) is 1.52. The van der Waals surface area contributed by atoms with E-state index < -0.39 is 12.0 Å². The molecule has 0 heterocycles. The number of carbonyl (C=O) groups excluding carboxylic acids is 1. The average Bonchev–Trinajstić information content (AvgIpc) is 2.42. The second kappa shape index (κ2) is 8.25. The lowest BCUT2D eigenvalue weighted by molar-refractivity contribution is -0.143. The van der Waals surface area contributed by atoms with E-state index in [1.807, 2.05) is 0 Å². The van der Waals surface area contributed by atoms with Gasteiger partial charge in [-0.2, -0.15) is 0 Å². The van der Waals surface area contributed by atoms with Crippen LogP contribution >= 0.6 is 0 Å². The first-order chi connectivity index (χ1) is 9.45. The second-order valence-electron chi connectivity index (χ2n) is 6.04. The molecule has 0 aromatic rings. The third kappa shape index (κ3) is 5.12. The fraction of sp³-hybridized carbons (Fsp3) is 0.867. The number of nitrogens with one attached hydrogen (secondary N) is 1. The molecule has 1 aliphatic carbocycles. The molecule has 0 saturated heterocycles. The fourth-order valence-corrected chi connectivity index (χ4v) is 2.83. The maximum absolute atomic E-state index is 12.1. The number of methoxy groups -OCH3 is 1. The number of amides is 1. The Morgan fingerprint density at radius 3 is 2.30 bits per heavy atom. The van der Waals surface area contributed by atoms with Crippen LogP contribution in [0.2, 0.25) is 0 Å². The van der Waals surface area contributed by atoms with Gasteiger partial charge < -0.3 is 15.2 Å². The number of ether oxygens (including phenoxy) is 1. The van der Waals surface area contributed by atoms with E-state index in [9.17, 15) is 9.59 Å². The fourth-order valence-electron chi connectivity index (χ4n) is 2.83. The predicted octanol–water partition coefficient (Wildman–Crippen LogP) is 2.05. The molecule has 0 radical (unpaired) electrons. The Labute approximate surface area is 121 Å². The van der Waals surface area contributed by atoms with Crippen LogP contribution in [-0.2, 0) is 14.3 Å². The van der Waals surface area contributed by atoms with Crippen molar-refractivity contribution in [2.45, 2.75) is 52.0 Å². The molecule has 5 heteroatoms. The zero-order valence-electron chi connectivity index (χ0n) is 12.7. The molecule has 1 unspecified atom stereocenters. The quantitative estimate of drug-likeness (QED) is 0.750. The summed E-state index contributed by atoms with van der Waals surface area (Å²) in [6, 6.07) is -0.842. The van der Waals surface area contributed by atoms with E-state index in [2.05, 4.69) is 19.2 Å². The predicted molar refractivity (Wildman–Crippen MR) is 76.3 cm³/mol. The number of aliphatic carboxylic acids is 1. The van der Waals surface area contributed by atoms with E-state index in [1.54, 1.807) is 0 Å². The second-order valence-corrected chi connectivity index (χ2v) is 6.04. The van der Waals surface area contributed by atoms with E-state index >= 15 is 0 Å². The molecule has 0 bridgehead atoms. The van der Waals surface area contributed by atoms with Crippen LogP contribution in [0.4, 0.5) is 0 Å². The summed E-state index contributed by atoms with van der Waals surface area (Å²) in [6.45, 7) is 4.77. The Balaban J connectivity index is 2.43. The summed E-state index contributed by atoms with van der Waals surface area (Å²) < 4.78 is 4.88. The van der Waals surface area contributed by atoms with Crippen molar-refractivity contribution in [3.05, 3.63) is 0 Å². The highest BCUT2D eigenvalue weighted by Gasteiger charge is 2.30. The topological polar surface area (TPSA) is 75.6 Å². The van der Waals surface area contributed by atoms with E-state index in [-0.39, 0.29) is 11.8 Å². The normalized spacial score (nSPS) is 24.4. The van der Waals surface area contributed by atoms with Gasteiger partial charge in [0.25, 0.3) is 0 Å². The Morgan fingerprint density at radius 2 is 1.85 bits per heavy atom. The highest BCUT2D eigenvalue weighted by Crippen LogP contribution is 2.33. The van der Waals surface area contributed by atoms with Crippen molar-refractivity contribution in [1.82, 2.24) is 5.32 Å². The number of hydrogen-bond donors (Lipinski definition) is 2. The van der Waals surface area contributed by atoms with E-state index in [1.165, 1.54) is 7.11 Å².